The number of hydrogen-bond acceptors (Lipinski definition) is 3. The molecule has 0 atom stereocenters. The third-order valence-electron chi connectivity index (χ3n) is 3.49. The monoisotopic (exact) mass is 287 g/mol. The van der Waals surface area contributed by atoms with E-state index in [0.717, 1.165) is 6.42 Å². The van der Waals surface area contributed by atoms with Gasteiger partial charge in [-0.05, 0) is 38.5 Å². The van der Waals surface area contributed by atoms with Crippen molar-refractivity contribution < 1.29 is 14.3 Å². The van der Waals surface area contributed by atoms with Crippen molar-refractivity contribution in [1.82, 2.24) is 0 Å². The van der Waals surface area contributed by atoms with Crippen molar-refractivity contribution >= 4 is 17.4 Å². The van der Waals surface area contributed by atoms with Gasteiger partial charge in [0, 0.05) is 18.5 Å². The highest BCUT2D eigenvalue weighted by atomic mass is 16.5. The standard InChI is InChI=1S/C17H21NO3/c1-5-7-14(19)12-8-9-15-13(11-12)18(10-6-2)16(20)17(3,4)21-15/h6,8-9,11H,2,5,7,10H2,1,3-4H3. The van der Waals surface area contributed by atoms with Gasteiger partial charge in [0.2, 0.25) is 0 Å². The number of rotatable bonds is 5. The maximum atomic E-state index is 12.5. The van der Waals surface area contributed by atoms with Gasteiger partial charge in [0.05, 0.1) is 5.69 Å². The molecule has 0 fully saturated rings. The Labute approximate surface area is 125 Å². The second-order valence-corrected chi connectivity index (χ2v) is 5.67. The van der Waals surface area contributed by atoms with Gasteiger partial charge >= 0.3 is 0 Å². The van der Waals surface area contributed by atoms with Crippen LogP contribution in [0.1, 0.15) is 44.0 Å². The van der Waals surface area contributed by atoms with Crippen LogP contribution in [0.5, 0.6) is 5.75 Å². The van der Waals surface area contributed by atoms with Crippen LogP contribution in [0, 0.1) is 0 Å². The van der Waals surface area contributed by atoms with Crippen LogP contribution < -0.4 is 9.64 Å². The molecule has 0 saturated carbocycles. The normalized spacial score (nSPS) is 16.1. The number of ether oxygens (including phenoxy) is 1. The van der Waals surface area contributed by atoms with Crippen molar-refractivity contribution in [3.63, 3.8) is 0 Å². The molecular weight excluding hydrogens is 266 g/mol. The van der Waals surface area contributed by atoms with Crippen LogP contribution in [0.2, 0.25) is 0 Å². The van der Waals surface area contributed by atoms with Crippen LogP contribution in [0.25, 0.3) is 0 Å². The van der Waals surface area contributed by atoms with E-state index in [1.165, 1.54) is 0 Å². The van der Waals surface area contributed by atoms with Crippen LogP contribution >= 0.6 is 0 Å². The van der Waals surface area contributed by atoms with E-state index in [-0.39, 0.29) is 11.7 Å². The number of Topliss-reactive ketones (excluding diaryl/α,β-unsaturated/α-hetero) is 1. The summed E-state index contributed by atoms with van der Waals surface area (Å²) in [5.41, 5.74) is 0.340. The second kappa shape index (κ2) is 5.72. The van der Waals surface area contributed by atoms with E-state index >= 15 is 0 Å². The number of nitrogens with zero attached hydrogens (tertiary/aromatic N) is 1. The summed E-state index contributed by atoms with van der Waals surface area (Å²) in [7, 11) is 0. The zero-order chi connectivity index (χ0) is 15.6. The molecule has 1 aliphatic rings. The lowest BCUT2D eigenvalue weighted by Crippen LogP contribution is -2.52. The highest BCUT2D eigenvalue weighted by Gasteiger charge is 2.40. The molecule has 0 spiro atoms. The quantitative estimate of drug-likeness (QED) is 0.616. The fraction of sp³-hybridized carbons (Fsp3) is 0.412. The first-order chi connectivity index (χ1) is 9.90. The Hall–Kier alpha value is -2.10. The van der Waals surface area contributed by atoms with Crippen molar-refractivity contribution in [2.75, 3.05) is 11.4 Å². The Kier molecular flexibility index (Phi) is 4.16. The molecule has 1 aliphatic heterocycles. The van der Waals surface area contributed by atoms with Gasteiger partial charge in [-0.15, -0.1) is 6.58 Å². The van der Waals surface area contributed by atoms with Gasteiger partial charge in [0.15, 0.2) is 11.4 Å². The average Bonchev–Trinajstić information content (AvgIpc) is 2.43. The first-order valence-corrected chi connectivity index (χ1v) is 7.20. The van der Waals surface area contributed by atoms with E-state index in [4.69, 9.17) is 4.74 Å². The zero-order valence-corrected chi connectivity index (χ0v) is 12.8. The molecule has 112 valence electrons. The van der Waals surface area contributed by atoms with Crippen LogP contribution in [-0.4, -0.2) is 23.8 Å². The Balaban J connectivity index is 2.47. The van der Waals surface area contributed by atoms with E-state index in [9.17, 15) is 9.59 Å². The number of carbonyl (C=O) groups excluding carboxylic acids is 2. The highest BCUT2D eigenvalue weighted by molar-refractivity contribution is 6.04. The number of carbonyl (C=O) groups is 2. The first kappa shape index (κ1) is 15.3. The maximum absolute atomic E-state index is 12.5. The predicted octanol–water partition coefficient (Wildman–Crippen LogP) is 3.36. The van der Waals surface area contributed by atoms with E-state index in [0.29, 0.717) is 30.0 Å². The summed E-state index contributed by atoms with van der Waals surface area (Å²) in [4.78, 5) is 26.1. The number of fused-ring (bicyclic) bond motifs is 1. The van der Waals surface area contributed by atoms with Gasteiger partial charge in [0.25, 0.3) is 5.91 Å². The molecule has 0 N–H and O–H groups in total. The van der Waals surface area contributed by atoms with Crippen molar-refractivity contribution in [1.29, 1.82) is 0 Å². The molecule has 2 rings (SSSR count). The van der Waals surface area contributed by atoms with E-state index in [2.05, 4.69) is 6.58 Å². The third-order valence-corrected chi connectivity index (χ3v) is 3.49. The van der Waals surface area contributed by atoms with Crippen molar-refractivity contribution in [2.24, 2.45) is 0 Å². The van der Waals surface area contributed by atoms with Crippen molar-refractivity contribution in [2.45, 2.75) is 39.2 Å². The average molecular weight is 287 g/mol. The minimum absolute atomic E-state index is 0.0798. The Bertz CT molecular complexity index is 590. The molecule has 1 aromatic carbocycles. The molecule has 0 unspecified atom stereocenters. The largest absolute Gasteiger partial charge is 0.476 e. The molecule has 1 amide bonds. The number of anilines is 1. The summed E-state index contributed by atoms with van der Waals surface area (Å²) < 4.78 is 5.77. The Morgan fingerprint density at radius 1 is 1.43 bits per heavy atom. The molecule has 1 aromatic rings. The van der Waals surface area contributed by atoms with Gasteiger partial charge in [-0.3, -0.25) is 9.59 Å². The summed E-state index contributed by atoms with van der Waals surface area (Å²) in [6.07, 6.45) is 2.97. The van der Waals surface area contributed by atoms with Crippen LogP contribution in [0.3, 0.4) is 0 Å². The Morgan fingerprint density at radius 2 is 2.14 bits per heavy atom. The van der Waals surface area contributed by atoms with Crippen molar-refractivity contribution in [3.05, 3.63) is 36.4 Å². The maximum Gasteiger partial charge on any atom is 0.270 e. The lowest BCUT2D eigenvalue weighted by atomic mass is 10.0. The number of hydrogen-bond donors (Lipinski definition) is 0. The molecule has 0 radical (unpaired) electrons. The first-order valence-electron chi connectivity index (χ1n) is 7.20. The van der Waals surface area contributed by atoms with Crippen LogP contribution in [0.4, 0.5) is 5.69 Å². The summed E-state index contributed by atoms with van der Waals surface area (Å²) >= 11 is 0. The highest BCUT2D eigenvalue weighted by Crippen LogP contribution is 2.38. The van der Waals surface area contributed by atoms with Gasteiger partial charge in [-0.25, -0.2) is 0 Å². The smallest absolute Gasteiger partial charge is 0.270 e. The fourth-order valence-electron chi connectivity index (χ4n) is 2.42. The zero-order valence-electron chi connectivity index (χ0n) is 12.8. The molecule has 21 heavy (non-hydrogen) atoms. The molecule has 0 aromatic heterocycles. The predicted molar refractivity (Wildman–Crippen MR) is 82.9 cm³/mol. The number of benzene rings is 1. The second-order valence-electron chi connectivity index (χ2n) is 5.67. The fourth-order valence-corrected chi connectivity index (χ4v) is 2.42. The molecular formula is C17H21NO3. The van der Waals surface area contributed by atoms with Gasteiger partial charge in [-0.2, -0.15) is 0 Å². The topological polar surface area (TPSA) is 46.6 Å². The SMILES string of the molecule is C=CCN1C(=O)C(C)(C)Oc2ccc(C(=O)CCC)cc21. The van der Waals surface area contributed by atoms with Crippen LogP contribution in [-0.2, 0) is 4.79 Å². The van der Waals surface area contributed by atoms with Crippen molar-refractivity contribution in [3.8, 4) is 5.75 Å². The summed E-state index contributed by atoms with van der Waals surface area (Å²) in [5.74, 6) is 0.570. The summed E-state index contributed by atoms with van der Waals surface area (Å²) in [6, 6.07) is 5.27. The van der Waals surface area contributed by atoms with Gasteiger partial charge in [-0.1, -0.05) is 13.0 Å². The number of ketones is 1. The lowest BCUT2D eigenvalue weighted by Gasteiger charge is -2.38. The summed E-state index contributed by atoms with van der Waals surface area (Å²) in [5, 5.41) is 0. The molecule has 0 aliphatic carbocycles. The minimum Gasteiger partial charge on any atom is -0.476 e. The Morgan fingerprint density at radius 3 is 2.76 bits per heavy atom. The number of amides is 1. The van der Waals surface area contributed by atoms with Crippen LogP contribution in [0.15, 0.2) is 30.9 Å². The van der Waals surface area contributed by atoms with Gasteiger partial charge in [0.1, 0.15) is 5.75 Å². The van der Waals surface area contributed by atoms with E-state index < -0.39 is 5.60 Å². The molecule has 0 saturated heterocycles. The van der Waals surface area contributed by atoms with Gasteiger partial charge < -0.3 is 9.64 Å². The summed E-state index contributed by atoms with van der Waals surface area (Å²) in [6.45, 7) is 9.54. The minimum atomic E-state index is -0.912. The third kappa shape index (κ3) is 2.84. The van der Waals surface area contributed by atoms with E-state index in [1.54, 1.807) is 43.0 Å². The van der Waals surface area contributed by atoms with E-state index in [1.807, 2.05) is 6.92 Å². The molecule has 4 nitrogen and oxygen atoms in total. The molecule has 4 heteroatoms. The lowest BCUT2D eigenvalue weighted by molar-refractivity contribution is -0.132. The molecule has 0 bridgehead atoms. The molecule has 1 heterocycles.